The number of rotatable bonds is 6. The zero-order valence-corrected chi connectivity index (χ0v) is 18.0. The highest BCUT2D eigenvalue weighted by atomic mass is 19.4. The number of nitrogens with one attached hydrogen (secondary N) is 2. The summed E-state index contributed by atoms with van der Waals surface area (Å²) in [4.78, 5) is 23.8. The molecule has 13 heteroatoms. The van der Waals surface area contributed by atoms with Crippen molar-refractivity contribution in [3.8, 4) is 11.5 Å². The third-order valence-electron chi connectivity index (χ3n) is 5.20. The van der Waals surface area contributed by atoms with Crippen LogP contribution in [-0.2, 0) is 6.18 Å². The molecule has 4 N–H and O–H groups in total. The molecule has 0 saturated heterocycles. The molecule has 0 aliphatic heterocycles. The number of halogens is 6. The van der Waals surface area contributed by atoms with Crippen molar-refractivity contribution < 1.29 is 45.4 Å². The van der Waals surface area contributed by atoms with Gasteiger partial charge in [0.2, 0.25) is 0 Å². The Kier molecular flexibility index (Phi) is 7.66. The number of alkyl halides is 6. The number of benzene rings is 2. The number of primary amides is 1. The molecule has 1 fully saturated rings. The van der Waals surface area contributed by atoms with E-state index in [1.807, 2.05) is 0 Å². The minimum Gasteiger partial charge on any atom is -0.490 e. The highest BCUT2D eigenvalue weighted by molar-refractivity contribution is 5.96. The molecule has 1 saturated carbocycles. The molecule has 1 aliphatic carbocycles. The highest BCUT2D eigenvalue weighted by Gasteiger charge is 2.33. The molecule has 2 aromatic carbocycles. The van der Waals surface area contributed by atoms with Gasteiger partial charge in [-0.25, -0.2) is 4.79 Å². The maximum absolute atomic E-state index is 12.9. The van der Waals surface area contributed by atoms with E-state index in [4.69, 9.17) is 10.5 Å². The lowest BCUT2D eigenvalue weighted by atomic mass is 9.93. The SMILES string of the molecule is NC(=O)c1cc(C(F)(F)F)ccc1OC1CCC(NC(=O)Nc2cccc(OC(F)(F)F)c2)CC1. The molecule has 0 heterocycles. The van der Waals surface area contributed by atoms with Gasteiger partial charge in [0.15, 0.2) is 0 Å². The van der Waals surface area contributed by atoms with Crippen molar-refractivity contribution in [3.63, 3.8) is 0 Å². The van der Waals surface area contributed by atoms with E-state index in [2.05, 4.69) is 15.4 Å². The van der Waals surface area contributed by atoms with Crippen LogP contribution < -0.4 is 25.8 Å². The second-order valence-electron chi connectivity index (χ2n) is 7.84. The van der Waals surface area contributed by atoms with Crippen LogP contribution in [0.5, 0.6) is 11.5 Å². The smallest absolute Gasteiger partial charge is 0.490 e. The molecule has 190 valence electrons. The predicted molar refractivity (Wildman–Crippen MR) is 112 cm³/mol. The van der Waals surface area contributed by atoms with Gasteiger partial charge in [-0.05, 0) is 56.0 Å². The minimum atomic E-state index is -4.86. The number of anilines is 1. The van der Waals surface area contributed by atoms with Gasteiger partial charge >= 0.3 is 18.6 Å². The van der Waals surface area contributed by atoms with E-state index < -0.39 is 41.9 Å². The van der Waals surface area contributed by atoms with Gasteiger partial charge in [-0.2, -0.15) is 13.2 Å². The summed E-state index contributed by atoms with van der Waals surface area (Å²) in [5.74, 6) is -1.59. The summed E-state index contributed by atoms with van der Waals surface area (Å²) in [5.41, 5.74) is 3.91. The van der Waals surface area contributed by atoms with Crippen molar-refractivity contribution in [1.82, 2.24) is 5.32 Å². The standard InChI is InChI=1S/C22H21F6N3O4/c23-21(24,25)12-4-9-18(17(10-12)19(29)32)34-15-7-5-13(6-8-15)30-20(33)31-14-2-1-3-16(11-14)35-22(26,27)28/h1-4,9-11,13,15H,5-8H2,(H2,29,32)(H2,30,31,33). The molecular formula is C22H21F6N3O4. The number of nitrogens with two attached hydrogens (primary N) is 1. The van der Waals surface area contributed by atoms with Crippen LogP contribution in [0.15, 0.2) is 42.5 Å². The van der Waals surface area contributed by atoms with Crippen molar-refractivity contribution in [2.24, 2.45) is 5.73 Å². The molecule has 0 aromatic heterocycles. The maximum atomic E-state index is 12.9. The van der Waals surface area contributed by atoms with Crippen molar-refractivity contribution in [1.29, 1.82) is 0 Å². The van der Waals surface area contributed by atoms with Gasteiger partial charge in [-0.3, -0.25) is 4.79 Å². The summed E-state index contributed by atoms with van der Waals surface area (Å²) in [6.45, 7) is 0. The van der Waals surface area contributed by atoms with Crippen molar-refractivity contribution >= 4 is 17.6 Å². The summed E-state index contributed by atoms with van der Waals surface area (Å²) in [6.07, 6.45) is -8.14. The Morgan fingerprint density at radius 3 is 2.23 bits per heavy atom. The maximum Gasteiger partial charge on any atom is 0.573 e. The zero-order chi connectivity index (χ0) is 25.8. The van der Waals surface area contributed by atoms with Crippen LogP contribution in [0.3, 0.4) is 0 Å². The number of hydrogen-bond acceptors (Lipinski definition) is 4. The van der Waals surface area contributed by atoms with Crippen LogP contribution in [0.2, 0.25) is 0 Å². The largest absolute Gasteiger partial charge is 0.573 e. The summed E-state index contributed by atoms with van der Waals surface area (Å²) in [6, 6.07) is 6.41. The third kappa shape index (κ3) is 7.69. The minimum absolute atomic E-state index is 0.0550. The molecule has 0 bridgehead atoms. The Morgan fingerprint density at radius 2 is 1.63 bits per heavy atom. The monoisotopic (exact) mass is 505 g/mol. The van der Waals surface area contributed by atoms with E-state index in [-0.39, 0.29) is 23.0 Å². The zero-order valence-electron chi connectivity index (χ0n) is 18.0. The average molecular weight is 505 g/mol. The van der Waals surface area contributed by atoms with E-state index in [0.717, 1.165) is 24.3 Å². The van der Waals surface area contributed by atoms with E-state index in [0.29, 0.717) is 31.7 Å². The Morgan fingerprint density at radius 1 is 0.943 bits per heavy atom. The van der Waals surface area contributed by atoms with Crippen LogP contribution >= 0.6 is 0 Å². The normalized spacial score (nSPS) is 18.5. The number of urea groups is 1. The summed E-state index contributed by atoms with van der Waals surface area (Å²) in [7, 11) is 0. The lowest BCUT2D eigenvalue weighted by molar-refractivity contribution is -0.274. The van der Waals surface area contributed by atoms with E-state index >= 15 is 0 Å². The lowest BCUT2D eigenvalue weighted by Crippen LogP contribution is -2.41. The van der Waals surface area contributed by atoms with Gasteiger partial charge in [0.25, 0.3) is 5.91 Å². The van der Waals surface area contributed by atoms with Gasteiger partial charge in [-0.1, -0.05) is 6.07 Å². The van der Waals surface area contributed by atoms with E-state index in [1.54, 1.807) is 0 Å². The topological polar surface area (TPSA) is 103 Å². The average Bonchev–Trinajstić information content (AvgIpc) is 2.73. The molecule has 3 amide bonds. The second kappa shape index (κ2) is 10.3. The number of carbonyl (C=O) groups excluding carboxylic acids is 2. The van der Waals surface area contributed by atoms with Crippen molar-refractivity contribution in [2.45, 2.75) is 50.4 Å². The lowest BCUT2D eigenvalue weighted by Gasteiger charge is -2.30. The molecule has 1 aliphatic rings. The third-order valence-corrected chi connectivity index (χ3v) is 5.20. The molecular weight excluding hydrogens is 484 g/mol. The predicted octanol–water partition coefficient (Wildman–Crippen LogP) is 5.21. The number of hydrogen-bond donors (Lipinski definition) is 3. The molecule has 3 rings (SSSR count). The van der Waals surface area contributed by atoms with Crippen LogP contribution in [0.4, 0.5) is 36.8 Å². The van der Waals surface area contributed by atoms with Crippen molar-refractivity contribution in [3.05, 3.63) is 53.6 Å². The molecule has 35 heavy (non-hydrogen) atoms. The van der Waals surface area contributed by atoms with Crippen LogP contribution in [0, 0.1) is 0 Å². The number of ether oxygens (including phenoxy) is 2. The van der Waals surface area contributed by atoms with E-state index in [9.17, 15) is 35.9 Å². The first-order valence-corrected chi connectivity index (χ1v) is 10.4. The highest BCUT2D eigenvalue weighted by Crippen LogP contribution is 2.34. The molecule has 7 nitrogen and oxygen atoms in total. The summed E-state index contributed by atoms with van der Waals surface area (Å²) >= 11 is 0. The fourth-order valence-electron chi connectivity index (χ4n) is 3.63. The van der Waals surface area contributed by atoms with Crippen LogP contribution in [-0.4, -0.2) is 30.4 Å². The number of amides is 3. The summed E-state index contributed by atoms with van der Waals surface area (Å²) < 4.78 is 85.3. The Balaban J connectivity index is 1.52. The fourth-order valence-corrected chi connectivity index (χ4v) is 3.63. The number of carbonyl (C=O) groups is 2. The van der Waals surface area contributed by atoms with Crippen molar-refractivity contribution in [2.75, 3.05) is 5.32 Å². The first-order chi connectivity index (χ1) is 16.3. The molecule has 0 atom stereocenters. The van der Waals surface area contributed by atoms with Gasteiger partial charge in [0.05, 0.1) is 17.2 Å². The molecule has 0 spiro atoms. The van der Waals surface area contributed by atoms with Gasteiger partial charge in [-0.15, -0.1) is 13.2 Å². The Bertz CT molecular complexity index is 1070. The molecule has 0 radical (unpaired) electrons. The molecule has 2 aromatic rings. The first kappa shape index (κ1) is 26.0. The van der Waals surface area contributed by atoms with Gasteiger partial charge < -0.3 is 25.8 Å². The van der Waals surface area contributed by atoms with Crippen LogP contribution in [0.25, 0.3) is 0 Å². The Hall–Kier alpha value is -3.64. The van der Waals surface area contributed by atoms with Gasteiger partial charge in [0.1, 0.15) is 11.5 Å². The fraction of sp³-hybridized carbons (Fsp3) is 0.364. The summed E-state index contributed by atoms with van der Waals surface area (Å²) in [5, 5.41) is 5.14. The molecule has 0 unspecified atom stereocenters. The Labute approximate surface area is 195 Å². The van der Waals surface area contributed by atoms with Gasteiger partial charge in [0, 0.05) is 17.8 Å². The first-order valence-electron chi connectivity index (χ1n) is 10.4. The van der Waals surface area contributed by atoms with E-state index in [1.165, 1.54) is 12.1 Å². The van der Waals surface area contributed by atoms with Crippen LogP contribution in [0.1, 0.15) is 41.6 Å². The second-order valence-corrected chi connectivity index (χ2v) is 7.84. The quantitative estimate of drug-likeness (QED) is 0.469.